The topological polar surface area (TPSA) is 75.6 Å². The molecule has 0 bridgehead atoms. The average molecular weight is 279 g/mol. The highest BCUT2D eigenvalue weighted by atomic mass is 19.1. The van der Waals surface area contributed by atoms with Crippen LogP contribution in [0.25, 0.3) is 6.08 Å². The zero-order valence-electron chi connectivity index (χ0n) is 10.6. The molecular formula is C14H14FNO4. The molecule has 1 atom stereocenters. The number of halogens is 1. The van der Waals surface area contributed by atoms with Gasteiger partial charge in [-0.2, -0.15) is 0 Å². The largest absolute Gasteiger partial charge is 0.479 e. The van der Waals surface area contributed by atoms with Crippen molar-refractivity contribution < 1.29 is 23.8 Å². The molecule has 0 radical (unpaired) electrons. The summed E-state index contributed by atoms with van der Waals surface area (Å²) in [6.45, 7) is 0.214. The highest BCUT2D eigenvalue weighted by Crippen LogP contribution is 2.19. The van der Waals surface area contributed by atoms with Crippen LogP contribution >= 0.6 is 0 Å². The van der Waals surface area contributed by atoms with Gasteiger partial charge in [0, 0.05) is 24.7 Å². The third-order valence-corrected chi connectivity index (χ3v) is 3.11. The molecular weight excluding hydrogens is 265 g/mol. The van der Waals surface area contributed by atoms with Gasteiger partial charge in [-0.05, 0) is 12.1 Å². The fourth-order valence-corrected chi connectivity index (χ4v) is 1.94. The van der Waals surface area contributed by atoms with E-state index < -0.39 is 23.2 Å². The van der Waals surface area contributed by atoms with Crippen LogP contribution in [0.3, 0.4) is 0 Å². The summed E-state index contributed by atoms with van der Waals surface area (Å²) in [7, 11) is 0. The van der Waals surface area contributed by atoms with Crippen LogP contribution in [-0.4, -0.2) is 35.7 Å². The Morgan fingerprint density at radius 3 is 2.75 bits per heavy atom. The molecule has 1 amide bonds. The maximum absolute atomic E-state index is 13.4. The average Bonchev–Trinajstić information content (AvgIpc) is 2.88. The number of aliphatic carboxylic acids is 1. The van der Waals surface area contributed by atoms with E-state index in [0.29, 0.717) is 0 Å². The van der Waals surface area contributed by atoms with Crippen LogP contribution in [0.1, 0.15) is 12.0 Å². The van der Waals surface area contributed by atoms with Gasteiger partial charge in [0.15, 0.2) is 5.54 Å². The zero-order chi connectivity index (χ0) is 14.6. The van der Waals surface area contributed by atoms with E-state index >= 15 is 0 Å². The van der Waals surface area contributed by atoms with Crippen molar-refractivity contribution in [2.75, 3.05) is 13.2 Å². The monoisotopic (exact) mass is 279 g/mol. The molecule has 1 aromatic carbocycles. The minimum Gasteiger partial charge on any atom is -0.479 e. The minimum absolute atomic E-state index is 0.0678. The molecule has 0 aromatic heterocycles. The van der Waals surface area contributed by atoms with E-state index in [2.05, 4.69) is 5.32 Å². The molecule has 0 aliphatic carbocycles. The maximum Gasteiger partial charge on any atom is 0.331 e. The molecule has 0 spiro atoms. The molecule has 0 saturated carbocycles. The zero-order valence-corrected chi connectivity index (χ0v) is 10.6. The van der Waals surface area contributed by atoms with Crippen LogP contribution in [0.5, 0.6) is 0 Å². The van der Waals surface area contributed by atoms with E-state index in [0.717, 1.165) is 6.08 Å². The van der Waals surface area contributed by atoms with E-state index in [-0.39, 0.29) is 25.2 Å². The molecule has 1 saturated heterocycles. The smallest absolute Gasteiger partial charge is 0.331 e. The third-order valence-electron chi connectivity index (χ3n) is 3.11. The molecule has 5 nitrogen and oxygen atoms in total. The first-order valence-electron chi connectivity index (χ1n) is 6.09. The number of carboxylic acid groups (broad SMARTS) is 1. The fraction of sp³-hybridized carbons (Fsp3) is 0.286. The number of amides is 1. The molecule has 1 heterocycles. The minimum atomic E-state index is -1.39. The van der Waals surface area contributed by atoms with Gasteiger partial charge in [-0.3, -0.25) is 4.79 Å². The normalized spacial score (nSPS) is 22.1. The lowest BCUT2D eigenvalue weighted by molar-refractivity contribution is -0.147. The number of nitrogens with one attached hydrogen (secondary N) is 1. The van der Waals surface area contributed by atoms with Crippen LogP contribution in [-0.2, 0) is 14.3 Å². The number of hydrogen-bond donors (Lipinski definition) is 2. The summed E-state index contributed by atoms with van der Waals surface area (Å²) < 4.78 is 18.4. The molecule has 1 aromatic rings. The van der Waals surface area contributed by atoms with E-state index in [4.69, 9.17) is 9.84 Å². The first-order chi connectivity index (χ1) is 9.53. The lowest BCUT2D eigenvalue weighted by Crippen LogP contribution is -2.54. The summed E-state index contributed by atoms with van der Waals surface area (Å²) in [5.41, 5.74) is -1.13. The van der Waals surface area contributed by atoms with Gasteiger partial charge in [-0.15, -0.1) is 0 Å². The Morgan fingerprint density at radius 2 is 2.15 bits per heavy atom. The Morgan fingerprint density at radius 1 is 1.40 bits per heavy atom. The number of rotatable bonds is 4. The van der Waals surface area contributed by atoms with Crippen molar-refractivity contribution in [2.45, 2.75) is 12.0 Å². The number of ether oxygens (including phenoxy) is 1. The van der Waals surface area contributed by atoms with Crippen molar-refractivity contribution in [2.24, 2.45) is 0 Å². The Hall–Kier alpha value is -2.21. The number of carbonyl (C=O) groups excluding carboxylic acids is 1. The standard InChI is InChI=1S/C14H14FNO4/c15-11-4-2-1-3-10(11)5-6-12(17)16-14(13(18)19)7-8-20-9-14/h1-6H,7-9H2,(H,16,17)(H,18,19). The van der Waals surface area contributed by atoms with Gasteiger partial charge < -0.3 is 15.2 Å². The predicted octanol–water partition coefficient (Wildman–Crippen LogP) is 1.20. The second-order valence-electron chi connectivity index (χ2n) is 4.53. The van der Waals surface area contributed by atoms with Crippen molar-refractivity contribution >= 4 is 18.0 Å². The van der Waals surface area contributed by atoms with Crippen LogP contribution in [0.2, 0.25) is 0 Å². The highest BCUT2D eigenvalue weighted by Gasteiger charge is 2.43. The first-order valence-corrected chi connectivity index (χ1v) is 6.09. The van der Waals surface area contributed by atoms with Gasteiger partial charge >= 0.3 is 5.97 Å². The van der Waals surface area contributed by atoms with E-state index in [1.165, 1.54) is 18.2 Å². The quantitative estimate of drug-likeness (QED) is 0.812. The Kier molecular flexibility index (Phi) is 4.14. The van der Waals surface area contributed by atoms with Gasteiger partial charge in [0.25, 0.3) is 0 Å². The Bertz CT molecular complexity index is 550. The van der Waals surface area contributed by atoms with Crippen molar-refractivity contribution in [1.29, 1.82) is 0 Å². The molecule has 1 fully saturated rings. The molecule has 1 aliphatic rings. The van der Waals surface area contributed by atoms with Crippen LogP contribution < -0.4 is 5.32 Å². The predicted molar refractivity (Wildman–Crippen MR) is 69.4 cm³/mol. The van der Waals surface area contributed by atoms with Crippen LogP contribution in [0.4, 0.5) is 4.39 Å². The third kappa shape index (κ3) is 3.03. The Labute approximate surface area is 115 Å². The van der Waals surface area contributed by atoms with Crippen LogP contribution in [0.15, 0.2) is 30.3 Å². The molecule has 20 heavy (non-hydrogen) atoms. The first kappa shape index (κ1) is 14.2. The summed E-state index contributed by atoms with van der Waals surface area (Å²) in [5, 5.41) is 11.6. The van der Waals surface area contributed by atoms with E-state index in [9.17, 15) is 14.0 Å². The molecule has 106 valence electrons. The van der Waals surface area contributed by atoms with Crippen LogP contribution in [0, 0.1) is 5.82 Å². The lowest BCUT2D eigenvalue weighted by Gasteiger charge is -2.22. The van der Waals surface area contributed by atoms with Gasteiger partial charge in [-0.25, -0.2) is 9.18 Å². The number of carbonyl (C=O) groups is 2. The molecule has 2 N–H and O–H groups in total. The molecule has 2 rings (SSSR count). The molecule has 1 unspecified atom stereocenters. The van der Waals surface area contributed by atoms with Gasteiger partial charge in [0.05, 0.1) is 6.61 Å². The number of benzene rings is 1. The number of hydrogen-bond acceptors (Lipinski definition) is 3. The summed E-state index contributed by atoms with van der Waals surface area (Å²) in [5.74, 6) is -2.18. The molecule has 6 heteroatoms. The summed E-state index contributed by atoms with van der Waals surface area (Å²) in [6, 6.07) is 5.98. The summed E-state index contributed by atoms with van der Waals surface area (Å²) >= 11 is 0. The number of carboxylic acids is 1. The van der Waals surface area contributed by atoms with Gasteiger partial charge in [0.1, 0.15) is 5.82 Å². The SMILES string of the molecule is O=C(C=Cc1ccccc1F)NC1(C(=O)O)CCOC1. The molecule has 1 aliphatic heterocycles. The van der Waals surface area contributed by atoms with E-state index in [1.807, 2.05) is 0 Å². The second-order valence-corrected chi connectivity index (χ2v) is 4.53. The van der Waals surface area contributed by atoms with Crippen molar-refractivity contribution in [3.63, 3.8) is 0 Å². The van der Waals surface area contributed by atoms with Crippen molar-refractivity contribution in [3.05, 3.63) is 41.7 Å². The lowest BCUT2D eigenvalue weighted by atomic mass is 9.99. The van der Waals surface area contributed by atoms with Gasteiger partial charge in [-0.1, -0.05) is 18.2 Å². The Balaban J connectivity index is 2.05. The maximum atomic E-state index is 13.4. The van der Waals surface area contributed by atoms with Gasteiger partial charge in [0.2, 0.25) is 5.91 Å². The summed E-state index contributed by atoms with van der Waals surface area (Å²) in [4.78, 5) is 23.0. The second kappa shape index (κ2) is 5.83. The van der Waals surface area contributed by atoms with E-state index in [1.54, 1.807) is 12.1 Å². The van der Waals surface area contributed by atoms with Crippen molar-refractivity contribution in [3.8, 4) is 0 Å². The summed E-state index contributed by atoms with van der Waals surface area (Å²) in [6.07, 6.45) is 2.62. The fourth-order valence-electron chi connectivity index (χ4n) is 1.94. The van der Waals surface area contributed by atoms with Crippen molar-refractivity contribution in [1.82, 2.24) is 5.32 Å². The highest BCUT2D eigenvalue weighted by molar-refractivity contribution is 5.96.